The minimum absolute atomic E-state index is 0.0116. The predicted octanol–water partition coefficient (Wildman–Crippen LogP) is 5.02. The van der Waals surface area contributed by atoms with E-state index in [9.17, 15) is 13.5 Å². The summed E-state index contributed by atoms with van der Waals surface area (Å²) in [5, 5.41) is 27.3. The average Bonchev–Trinajstić information content (AvgIpc) is 2.90. The highest BCUT2D eigenvalue weighted by atomic mass is 79.9. The number of sulfonamides is 1. The molecular weight excluding hydrogens is 546 g/mol. The van der Waals surface area contributed by atoms with Crippen LogP contribution in [-0.4, -0.2) is 23.2 Å². The van der Waals surface area contributed by atoms with Gasteiger partial charge in [0.1, 0.15) is 0 Å². The number of aryl methyl sites for hydroxylation is 1. The van der Waals surface area contributed by atoms with Crippen LogP contribution in [-0.2, 0) is 16.6 Å². The molecule has 0 aliphatic heterocycles. The number of nitrogens with one attached hydrogen (secondary N) is 1. The number of nitrogens with two attached hydrogens (primary N) is 1. The fourth-order valence-corrected chi connectivity index (χ4v) is 4.93. The maximum Gasteiger partial charge on any atom is 0.238 e. The molecule has 0 spiro atoms. The number of halogens is 2. The zero-order chi connectivity index (χ0) is 21.3. The first-order valence-electron chi connectivity index (χ1n) is 8.17. The van der Waals surface area contributed by atoms with Crippen molar-refractivity contribution in [2.45, 2.75) is 18.4 Å². The molecule has 0 atom stereocenters. The van der Waals surface area contributed by atoms with Gasteiger partial charge in [0.25, 0.3) is 0 Å². The lowest BCUT2D eigenvalue weighted by atomic mass is 10.2. The molecule has 12 heteroatoms. The Morgan fingerprint density at radius 2 is 2.03 bits per heavy atom. The van der Waals surface area contributed by atoms with Crippen LogP contribution in [0.2, 0.25) is 0 Å². The first-order valence-corrected chi connectivity index (χ1v) is 11.7. The zero-order valence-corrected chi connectivity index (χ0v) is 19.7. The third-order valence-corrected chi connectivity index (χ3v) is 6.15. The standard InChI is InChI=1S/C17H15Br2N5O3S2/c1-2-24-15-12(6-9(18)7-13(15)19)14(16(24)25)22-23-17(28)21-10-4-3-5-11(8-10)29(20,26)27/h3-8,25H,2H2,1H3,(H,21,28)(H2,20,26,27). The minimum atomic E-state index is -3.84. The lowest BCUT2D eigenvalue weighted by Crippen LogP contribution is -2.13. The molecule has 29 heavy (non-hydrogen) atoms. The first kappa shape index (κ1) is 21.8. The number of benzene rings is 2. The summed E-state index contributed by atoms with van der Waals surface area (Å²) >= 11 is 12.1. The van der Waals surface area contributed by atoms with Crippen LogP contribution >= 0.6 is 44.1 Å². The second-order valence-electron chi connectivity index (χ2n) is 5.90. The van der Waals surface area contributed by atoms with E-state index >= 15 is 0 Å². The van der Waals surface area contributed by atoms with Gasteiger partial charge in [-0.25, -0.2) is 13.6 Å². The molecule has 1 heterocycles. The molecule has 0 fully saturated rings. The van der Waals surface area contributed by atoms with E-state index in [2.05, 4.69) is 47.4 Å². The van der Waals surface area contributed by atoms with Crippen molar-refractivity contribution in [2.75, 3.05) is 5.32 Å². The van der Waals surface area contributed by atoms with Crippen LogP contribution in [0.1, 0.15) is 6.92 Å². The number of hydrogen-bond donors (Lipinski definition) is 3. The van der Waals surface area contributed by atoms with Gasteiger partial charge >= 0.3 is 0 Å². The van der Waals surface area contributed by atoms with E-state index < -0.39 is 10.0 Å². The van der Waals surface area contributed by atoms with Crippen molar-refractivity contribution in [3.63, 3.8) is 0 Å². The van der Waals surface area contributed by atoms with E-state index in [1.54, 1.807) is 10.6 Å². The Bertz CT molecular complexity index is 1260. The van der Waals surface area contributed by atoms with Crippen LogP contribution < -0.4 is 10.5 Å². The van der Waals surface area contributed by atoms with E-state index in [0.29, 0.717) is 17.6 Å². The summed E-state index contributed by atoms with van der Waals surface area (Å²) in [6.45, 7) is 2.43. The van der Waals surface area contributed by atoms with Gasteiger partial charge in [-0.05, 0) is 65.4 Å². The van der Waals surface area contributed by atoms with Crippen molar-refractivity contribution in [3.8, 4) is 5.88 Å². The van der Waals surface area contributed by atoms with Gasteiger partial charge in [-0.2, -0.15) is 0 Å². The highest BCUT2D eigenvalue weighted by molar-refractivity contribution is 9.11. The fraction of sp³-hybridized carbons (Fsp3) is 0.118. The molecule has 0 aliphatic rings. The summed E-state index contributed by atoms with van der Waals surface area (Å²) in [6, 6.07) is 9.55. The fourth-order valence-electron chi connectivity index (χ4n) is 2.78. The van der Waals surface area contributed by atoms with E-state index in [-0.39, 0.29) is 21.6 Å². The van der Waals surface area contributed by atoms with Crippen molar-refractivity contribution in [1.29, 1.82) is 0 Å². The molecule has 0 unspecified atom stereocenters. The third-order valence-electron chi connectivity index (χ3n) is 3.99. The maximum absolute atomic E-state index is 11.5. The van der Waals surface area contributed by atoms with Crippen LogP contribution in [0.25, 0.3) is 10.9 Å². The zero-order valence-electron chi connectivity index (χ0n) is 14.9. The van der Waals surface area contributed by atoms with Crippen LogP contribution in [0.4, 0.5) is 11.4 Å². The predicted molar refractivity (Wildman–Crippen MR) is 123 cm³/mol. The number of aromatic hydroxyl groups is 1. The highest BCUT2D eigenvalue weighted by Gasteiger charge is 2.19. The van der Waals surface area contributed by atoms with Gasteiger partial charge in [0.05, 0.1) is 10.4 Å². The van der Waals surface area contributed by atoms with E-state index in [1.807, 2.05) is 19.1 Å². The molecule has 0 radical (unpaired) electrons. The van der Waals surface area contributed by atoms with Crippen LogP contribution in [0, 0.1) is 0 Å². The monoisotopic (exact) mass is 559 g/mol. The molecule has 0 aliphatic carbocycles. The second-order valence-corrected chi connectivity index (χ2v) is 9.62. The van der Waals surface area contributed by atoms with Crippen molar-refractivity contribution in [2.24, 2.45) is 15.4 Å². The van der Waals surface area contributed by atoms with E-state index in [0.717, 1.165) is 14.5 Å². The molecule has 3 aromatic rings. The number of fused-ring (bicyclic) bond motifs is 1. The molecule has 152 valence electrons. The largest absolute Gasteiger partial charge is 0.493 e. The Hall–Kier alpha value is -1.86. The number of hydrogen-bond acceptors (Lipinski definition) is 5. The van der Waals surface area contributed by atoms with Crippen molar-refractivity contribution in [3.05, 3.63) is 45.3 Å². The highest BCUT2D eigenvalue weighted by Crippen LogP contribution is 2.43. The van der Waals surface area contributed by atoms with Crippen LogP contribution in [0.5, 0.6) is 5.88 Å². The summed E-state index contributed by atoms with van der Waals surface area (Å²) in [5.74, 6) is -0.0379. The maximum atomic E-state index is 11.5. The normalized spacial score (nSPS) is 12.0. The van der Waals surface area contributed by atoms with Gasteiger partial charge in [-0.15, -0.1) is 10.2 Å². The Morgan fingerprint density at radius 3 is 2.69 bits per heavy atom. The number of anilines is 1. The molecule has 8 nitrogen and oxygen atoms in total. The van der Waals surface area contributed by atoms with Gasteiger partial charge in [0.15, 0.2) is 5.69 Å². The molecule has 2 aromatic carbocycles. The van der Waals surface area contributed by atoms with Gasteiger partial charge in [-0.1, -0.05) is 22.0 Å². The van der Waals surface area contributed by atoms with Crippen molar-refractivity contribution >= 4 is 81.5 Å². The van der Waals surface area contributed by atoms with E-state index in [1.165, 1.54) is 18.2 Å². The Morgan fingerprint density at radius 1 is 1.31 bits per heavy atom. The van der Waals surface area contributed by atoms with E-state index in [4.69, 9.17) is 17.4 Å². The number of nitrogens with zero attached hydrogens (tertiary/aromatic N) is 3. The quantitative estimate of drug-likeness (QED) is 0.305. The minimum Gasteiger partial charge on any atom is -0.493 e. The number of primary sulfonamides is 1. The molecule has 0 saturated heterocycles. The topological polar surface area (TPSA) is 122 Å². The lowest BCUT2D eigenvalue weighted by Gasteiger charge is -2.05. The molecule has 0 bridgehead atoms. The molecule has 0 amide bonds. The summed E-state index contributed by atoms with van der Waals surface area (Å²) in [5.41, 5.74) is 1.44. The smallest absolute Gasteiger partial charge is 0.238 e. The first-order chi connectivity index (χ1) is 13.6. The summed E-state index contributed by atoms with van der Waals surface area (Å²) in [6.07, 6.45) is 0. The summed E-state index contributed by atoms with van der Waals surface area (Å²) in [7, 11) is -3.84. The average molecular weight is 561 g/mol. The Labute approximate surface area is 189 Å². The summed E-state index contributed by atoms with van der Waals surface area (Å²) < 4.78 is 26.2. The number of rotatable bonds is 4. The number of aromatic nitrogens is 1. The number of thiocarbonyl (C=S) groups is 1. The number of azo groups is 1. The molecular formula is C17H15Br2N5O3S2. The van der Waals surface area contributed by atoms with Crippen molar-refractivity contribution < 1.29 is 13.5 Å². The Kier molecular flexibility index (Phi) is 6.39. The SMILES string of the molecule is CCn1c(O)c(N=NC(=S)Nc2cccc(S(N)(=O)=O)c2)c2cc(Br)cc(Br)c21. The Balaban J connectivity index is 1.93. The summed E-state index contributed by atoms with van der Waals surface area (Å²) in [4.78, 5) is -0.0550. The molecule has 1 aromatic heterocycles. The lowest BCUT2D eigenvalue weighted by molar-refractivity contribution is 0.427. The van der Waals surface area contributed by atoms with Crippen LogP contribution in [0.15, 0.2) is 60.5 Å². The van der Waals surface area contributed by atoms with Gasteiger partial charge in [0, 0.05) is 26.6 Å². The third kappa shape index (κ3) is 4.67. The van der Waals surface area contributed by atoms with Gasteiger partial charge in [-0.3, -0.25) is 0 Å². The van der Waals surface area contributed by atoms with Gasteiger partial charge < -0.3 is 15.0 Å². The van der Waals surface area contributed by atoms with Gasteiger partial charge in [0.2, 0.25) is 21.0 Å². The van der Waals surface area contributed by atoms with Crippen molar-refractivity contribution in [1.82, 2.24) is 4.57 Å². The van der Waals surface area contributed by atoms with Crippen LogP contribution in [0.3, 0.4) is 0 Å². The molecule has 4 N–H and O–H groups in total. The molecule has 0 saturated carbocycles. The molecule has 3 rings (SSSR count). The second kappa shape index (κ2) is 8.48.